The topological polar surface area (TPSA) is 26.3 Å². The third-order valence-corrected chi connectivity index (χ3v) is 1.50. The molecule has 0 aromatic carbocycles. The summed E-state index contributed by atoms with van der Waals surface area (Å²) in [6.07, 6.45) is -4.35. The lowest BCUT2D eigenvalue weighted by Gasteiger charge is -2.21. The van der Waals surface area contributed by atoms with Gasteiger partial charge in [-0.25, -0.2) is 0 Å². The number of ether oxygens (including phenoxy) is 1. The monoisotopic (exact) mass is 210 g/mol. The SMILES string of the molecule is CO/C(=C\C(=O)C(F)(F)F)C(C)(C)C. The van der Waals surface area contributed by atoms with Crippen molar-refractivity contribution in [2.24, 2.45) is 5.41 Å². The molecule has 0 atom stereocenters. The number of allylic oxidation sites excluding steroid dienone is 2. The highest BCUT2D eigenvalue weighted by Gasteiger charge is 2.37. The molecule has 0 saturated carbocycles. The van der Waals surface area contributed by atoms with Crippen LogP contribution in [0, 0.1) is 5.41 Å². The number of halogens is 3. The summed E-state index contributed by atoms with van der Waals surface area (Å²) in [4.78, 5) is 10.6. The van der Waals surface area contributed by atoms with E-state index in [0.717, 1.165) is 0 Å². The highest BCUT2D eigenvalue weighted by molar-refractivity contribution is 5.94. The van der Waals surface area contributed by atoms with Gasteiger partial charge in [-0.05, 0) is 0 Å². The molecule has 0 heterocycles. The Morgan fingerprint density at radius 3 is 1.86 bits per heavy atom. The standard InChI is InChI=1S/C9H13F3O2/c1-8(2,3)7(14-4)5-6(13)9(10,11)12/h5H,1-4H3/b7-5-. The molecule has 0 fully saturated rings. The highest BCUT2D eigenvalue weighted by atomic mass is 19.4. The summed E-state index contributed by atoms with van der Waals surface area (Å²) < 4.78 is 40.4. The van der Waals surface area contributed by atoms with Crippen molar-refractivity contribution >= 4 is 5.78 Å². The second-order valence-corrected chi connectivity index (χ2v) is 3.82. The van der Waals surface area contributed by atoms with Crippen molar-refractivity contribution < 1.29 is 22.7 Å². The number of rotatable bonds is 2. The third-order valence-electron chi connectivity index (χ3n) is 1.50. The summed E-state index contributed by atoms with van der Waals surface area (Å²) in [6.45, 7) is 4.98. The van der Waals surface area contributed by atoms with E-state index in [9.17, 15) is 18.0 Å². The fourth-order valence-corrected chi connectivity index (χ4v) is 0.783. The second-order valence-electron chi connectivity index (χ2n) is 3.82. The van der Waals surface area contributed by atoms with Crippen LogP contribution in [0.3, 0.4) is 0 Å². The molecular weight excluding hydrogens is 197 g/mol. The molecule has 0 aliphatic rings. The minimum atomic E-state index is -4.84. The maximum atomic E-state index is 11.9. The molecule has 0 aliphatic carbocycles. The Morgan fingerprint density at radius 2 is 1.64 bits per heavy atom. The van der Waals surface area contributed by atoms with Crippen molar-refractivity contribution in [3.05, 3.63) is 11.8 Å². The molecule has 0 bridgehead atoms. The fourth-order valence-electron chi connectivity index (χ4n) is 0.783. The molecule has 0 unspecified atom stereocenters. The van der Waals surface area contributed by atoms with Gasteiger partial charge in [0.15, 0.2) is 0 Å². The van der Waals surface area contributed by atoms with Crippen molar-refractivity contribution in [1.29, 1.82) is 0 Å². The van der Waals surface area contributed by atoms with E-state index in [1.54, 1.807) is 20.8 Å². The number of hydrogen-bond acceptors (Lipinski definition) is 2. The molecule has 0 amide bonds. The van der Waals surface area contributed by atoms with Crippen molar-refractivity contribution in [2.75, 3.05) is 7.11 Å². The summed E-state index contributed by atoms with van der Waals surface area (Å²) >= 11 is 0. The van der Waals surface area contributed by atoms with E-state index in [-0.39, 0.29) is 5.76 Å². The Kier molecular flexibility index (Phi) is 3.73. The minimum absolute atomic E-state index is 0.0137. The lowest BCUT2D eigenvalue weighted by molar-refractivity contribution is -0.165. The van der Waals surface area contributed by atoms with E-state index in [1.165, 1.54) is 7.11 Å². The molecule has 0 rings (SSSR count). The van der Waals surface area contributed by atoms with Gasteiger partial charge in [-0.15, -0.1) is 0 Å². The Labute approximate surface area is 80.7 Å². The molecular formula is C9H13F3O2. The Morgan fingerprint density at radius 1 is 1.21 bits per heavy atom. The zero-order chi connectivity index (χ0) is 11.6. The lowest BCUT2D eigenvalue weighted by Crippen LogP contribution is -2.23. The van der Waals surface area contributed by atoms with Crippen LogP contribution in [0.2, 0.25) is 0 Å². The first-order valence-electron chi connectivity index (χ1n) is 3.96. The van der Waals surface area contributed by atoms with Crippen LogP contribution in [-0.2, 0) is 9.53 Å². The summed E-state index contributed by atoms with van der Waals surface area (Å²) in [5.74, 6) is -1.89. The van der Waals surface area contributed by atoms with E-state index >= 15 is 0 Å². The van der Waals surface area contributed by atoms with Crippen molar-refractivity contribution in [3.8, 4) is 0 Å². The number of carbonyl (C=O) groups excluding carboxylic acids is 1. The summed E-state index contributed by atoms with van der Waals surface area (Å²) in [5.41, 5.74) is -0.615. The molecule has 5 heteroatoms. The van der Waals surface area contributed by atoms with Crippen LogP contribution in [0.1, 0.15) is 20.8 Å². The van der Waals surface area contributed by atoms with Gasteiger partial charge in [-0.2, -0.15) is 13.2 Å². The number of alkyl halides is 3. The number of hydrogen-bond donors (Lipinski definition) is 0. The Bertz CT molecular complexity index is 246. The van der Waals surface area contributed by atoms with Crippen LogP contribution >= 0.6 is 0 Å². The first-order chi connectivity index (χ1) is 6.09. The fraction of sp³-hybridized carbons (Fsp3) is 0.667. The predicted molar refractivity (Wildman–Crippen MR) is 45.6 cm³/mol. The first-order valence-corrected chi connectivity index (χ1v) is 3.96. The molecule has 0 saturated heterocycles. The third kappa shape index (κ3) is 3.81. The first kappa shape index (κ1) is 13.0. The quantitative estimate of drug-likeness (QED) is 0.517. The van der Waals surface area contributed by atoms with E-state index < -0.39 is 17.4 Å². The number of carbonyl (C=O) groups is 1. The number of ketones is 1. The van der Waals surface area contributed by atoms with E-state index in [0.29, 0.717) is 6.08 Å². The lowest BCUT2D eigenvalue weighted by atomic mass is 9.93. The number of methoxy groups -OCH3 is 1. The Hall–Kier alpha value is -1.00. The van der Waals surface area contributed by atoms with Gasteiger partial charge in [-0.3, -0.25) is 4.79 Å². The molecule has 0 aromatic rings. The van der Waals surface area contributed by atoms with Gasteiger partial charge in [0, 0.05) is 11.5 Å². The normalized spacial score (nSPS) is 14.1. The Balaban J connectivity index is 4.89. The van der Waals surface area contributed by atoms with Gasteiger partial charge in [0.25, 0.3) is 5.78 Å². The van der Waals surface area contributed by atoms with Crippen molar-refractivity contribution in [2.45, 2.75) is 26.9 Å². The predicted octanol–water partition coefficient (Wildman–Crippen LogP) is 2.69. The average molecular weight is 210 g/mol. The van der Waals surface area contributed by atoms with E-state index in [1.807, 2.05) is 0 Å². The van der Waals surface area contributed by atoms with Gasteiger partial charge < -0.3 is 4.74 Å². The van der Waals surface area contributed by atoms with E-state index in [2.05, 4.69) is 0 Å². The van der Waals surface area contributed by atoms with Crippen LogP contribution in [-0.4, -0.2) is 19.1 Å². The molecule has 0 radical (unpaired) electrons. The van der Waals surface area contributed by atoms with Crippen LogP contribution in [0.4, 0.5) is 13.2 Å². The van der Waals surface area contributed by atoms with Gasteiger partial charge in [0.1, 0.15) is 5.76 Å². The maximum absolute atomic E-state index is 11.9. The summed E-state index contributed by atoms with van der Waals surface area (Å²) in [6, 6.07) is 0. The van der Waals surface area contributed by atoms with Crippen LogP contribution in [0.15, 0.2) is 11.8 Å². The van der Waals surface area contributed by atoms with Gasteiger partial charge >= 0.3 is 6.18 Å². The van der Waals surface area contributed by atoms with Crippen LogP contribution < -0.4 is 0 Å². The highest BCUT2D eigenvalue weighted by Crippen LogP contribution is 2.27. The average Bonchev–Trinajstić information content (AvgIpc) is 1.95. The molecule has 0 aliphatic heterocycles. The molecule has 14 heavy (non-hydrogen) atoms. The van der Waals surface area contributed by atoms with Crippen molar-refractivity contribution in [3.63, 3.8) is 0 Å². The zero-order valence-corrected chi connectivity index (χ0v) is 8.53. The van der Waals surface area contributed by atoms with Gasteiger partial charge in [0.2, 0.25) is 0 Å². The van der Waals surface area contributed by atoms with E-state index in [4.69, 9.17) is 4.74 Å². The summed E-state index contributed by atoms with van der Waals surface area (Å²) in [7, 11) is 1.24. The largest absolute Gasteiger partial charge is 0.500 e. The molecule has 0 aromatic heterocycles. The van der Waals surface area contributed by atoms with Crippen LogP contribution in [0.5, 0.6) is 0 Å². The molecule has 82 valence electrons. The van der Waals surface area contributed by atoms with Gasteiger partial charge in [0.05, 0.1) is 7.11 Å². The minimum Gasteiger partial charge on any atom is -0.500 e. The maximum Gasteiger partial charge on any atom is 0.454 e. The van der Waals surface area contributed by atoms with Crippen LogP contribution in [0.25, 0.3) is 0 Å². The van der Waals surface area contributed by atoms with Gasteiger partial charge in [-0.1, -0.05) is 20.8 Å². The molecule has 0 spiro atoms. The smallest absolute Gasteiger partial charge is 0.454 e. The molecule has 0 N–H and O–H groups in total. The second kappa shape index (κ2) is 4.02. The zero-order valence-electron chi connectivity index (χ0n) is 8.53. The van der Waals surface area contributed by atoms with Crippen molar-refractivity contribution in [1.82, 2.24) is 0 Å². The molecule has 2 nitrogen and oxygen atoms in total. The summed E-state index contributed by atoms with van der Waals surface area (Å²) in [5, 5.41) is 0.